The van der Waals surface area contributed by atoms with Gasteiger partial charge in [-0.25, -0.2) is 0 Å². The summed E-state index contributed by atoms with van der Waals surface area (Å²) < 4.78 is 3.59. The van der Waals surface area contributed by atoms with E-state index in [4.69, 9.17) is 0 Å². The molecule has 0 aliphatic rings. The highest BCUT2D eigenvalue weighted by Crippen LogP contribution is 2.22. The fraction of sp³-hybridized carbons (Fsp3) is 0.222. The van der Waals surface area contributed by atoms with Crippen LogP contribution in [-0.4, -0.2) is 29.6 Å². The Morgan fingerprint density at radius 3 is 2.52 bits per heavy atom. The largest absolute Gasteiger partial charge is 0.362 e. The molecule has 4 aromatic rings. The molecule has 0 aliphatic heterocycles. The molecule has 3 aromatic heterocycles. The standard InChI is InChI=1S/C18H19N7/c1-12(15-11-24(3)22-13(15)2)19-16-9-10-17-20-21-18(25(17)23-16)14-7-5-4-6-8-14/h4-12H,1-3H3,(H,19,23). The maximum atomic E-state index is 4.67. The zero-order chi connectivity index (χ0) is 17.4. The first kappa shape index (κ1) is 15.3. The summed E-state index contributed by atoms with van der Waals surface area (Å²) in [4.78, 5) is 0. The summed E-state index contributed by atoms with van der Waals surface area (Å²) in [5, 5.41) is 21.0. The van der Waals surface area contributed by atoms with Gasteiger partial charge in [0, 0.05) is 24.4 Å². The van der Waals surface area contributed by atoms with E-state index in [1.807, 2.05) is 67.3 Å². The van der Waals surface area contributed by atoms with Crippen LogP contribution in [0.5, 0.6) is 0 Å². The van der Waals surface area contributed by atoms with Gasteiger partial charge in [0.2, 0.25) is 0 Å². The van der Waals surface area contributed by atoms with Gasteiger partial charge in [0.1, 0.15) is 5.82 Å². The summed E-state index contributed by atoms with van der Waals surface area (Å²) in [6.45, 7) is 4.11. The van der Waals surface area contributed by atoms with Crippen LogP contribution in [0.25, 0.3) is 17.0 Å². The SMILES string of the molecule is Cc1nn(C)cc1C(C)Nc1ccc2nnc(-c3ccccc3)n2n1. The summed E-state index contributed by atoms with van der Waals surface area (Å²) in [5.41, 5.74) is 3.86. The van der Waals surface area contributed by atoms with Crippen molar-refractivity contribution < 1.29 is 0 Å². The van der Waals surface area contributed by atoms with Crippen molar-refractivity contribution in [2.75, 3.05) is 5.32 Å². The number of benzene rings is 1. The summed E-state index contributed by atoms with van der Waals surface area (Å²) in [7, 11) is 1.93. The van der Waals surface area contributed by atoms with Crippen LogP contribution in [0, 0.1) is 6.92 Å². The lowest BCUT2D eigenvalue weighted by Crippen LogP contribution is -2.10. The molecular formula is C18H19N7. The minimum Gasteiger partial charge on any atom is -0.362 e. The minimum atomic E-state index is 0.0929. The summed E-state index contributed by atoms with van der Waals surface area (Å²) in [6.07, 6.45) is 2.03. The topological polar surface area (TPSA) is 72.9 Å². The molecule has 126 valence electrons. The first-order valence-electron chi connectivity index (χ1n) is 8.16. The van der Waals surface area contributed by atoms with E-state index >= 15 is 0 Å². The average molecular weight is 333 g/mol. The molecule has 0 aliphatic carbocycles. The highest BCUT2D eigenvalue weighted by Gasteiger charge is 2.14. The number of rotatable bonds is 4. The van der Waals surface area contributed by atoms with Crippen LogP contribution in [-0.2, 0) is 7.05 Å². The Hall–Kier alpha value is -3.22. The Morgan fingerprint density at radius 2 is 1.80 bits per heavy atom. The van der Waals surface area contributed by atoms with E-state index in [2.05, 4.69) is 32.6 Å². The second-order valence-electron chi connectivity index (χ2n) is 6.09. The van der Waals surface area contributed by atoms with Crippen LogP contribution in [0.1, 0.15) is 24.2 Å². The van der Waals surface area contributed by atoms with E-state index in [9.17, 15) is 0 Å². The zero-order valence-electron chi connectivity index (χ0n) is 14.4. The second kappa shape index (κ2) is 6.01. The molecule has 4 rings (SSSR count). The molecule has 0 amide bonds. The third-order valence-electron chi connectivity index (χ3n) is 4.18. The van der Waals surface area contributed by atoms with Gasteiger partial charge in [0.15, 0.2) is 11.5 Å². The predicted octanol–water partition coefficient (Wildman–Crippen LogP) is 3.01. The van der Waals surface area contributed by atoms with Gasteiger partial charge in [-0.05, 0) is 26.0 Å². The molecule has 0 fully saturated rings. The molecular weight excluding hydrogens is 314 g/mol. The number of hydrogen-bond donors (Lipinski definition) is 1. The Labute approximate surface area is 145 Å². The van der Waals surface area contributed by atoms with Crippen molar-refractivity contribution in [1.82, 2.24) is 29.6 Å². The lowest BCUT2D eigenvalue weighted by Gasteiger charge is -2.14. The maximum Gasteiger partial charge on any atom is 0.185 e. The van der Waals surface area contributed by atoms with Crippen molar-refractivity contribution in [3.8, 4) is 11.4 Å². The van der Waals surface area contributed by atoms with Gasteiger partial charge in [-0.2, -0.15) is 9.61 Å². The molecule has 0 saturated carbocycles. The van der Waals surface area contributed by atoms with E-state index in [1.54, 1.807) is 4.52 Å². The summed E-state index contributed by atoms with van der Waals surface area (Å²) in [5.74, 6) is 1.49. The number of nitrogens with zero attached hydrogens (tertiary/aromatic N) is 6. The molecule has 0 spiro atoms. The predicted molar refractivity (Wildman–Crippen MR) is 96.2 cm³/mol. The second-order valence-corrected chi connectivity index (χ2v) is 6.09. The first-order valence-corrected chi connectivity index (χ1v) is 8.16. The van der Waals surface area contributed by atoms with Crippen molar-refractivity contribution in [2.24, 2.45) is 7.05 Å². The van der Waals surface area contributed by atoms with E-state index in [-0.39, 0.29) is 6.04 Å². The van der Waals surface area contributed by atoms with Crippen LogP contribution >= 0.6 is 0 Å². The van der Waals surface area contributed by atoms with Gasteiger partial charge in [-0.1, -0.05) is 30.3 Å². The molecule has 1 unspecified atom stereocenters. The Kier molecular flexibility index (Phi) is 3.68. The average Bonchev–Trinajstić information content (AvgIpc) is 3.18. The third kappa shape index (κ3) is 2.84. The first-order chi connectivity index (χ1) is 12.1. The lowest BCUT2D eigenvalue weighted by molar-refractivity contribution is 0.756. The van der Waals surface area contributed by atoms with Gasteiger partial charge in [0.05, 0.1) is 11.7 Å². The smallest absolute Gasteiger partial charge is 0.185 e. The fourth-order valence-corrected chi connectivity index (χ4v) is 2.98. The number of aromatic nitrogens is 6. The van der Waals surface area contributed by atoms with Gasteiger partial charge < -0.3 is 5.32 Å². The highest BCUT2D eigenvalue weighted by atomic mass is 15.4. The molecule has 1 atom stereocenters. The van der Waals surface area contributed by atoms with Crippen molar-refractivity contribution in [3.63, 3.8) is 0 Å². The fourth-order valence-electron chi connectivity index (χ4n) is 2.98. The Morgan fingerprint density at radius 1 is 1.00 bits per heavy atom. The highest BCUT2D eigenvalue weighted by molar-refractivity contribution is 5.59. The number of aryl methyl sites for hydroxylation is 2. The van der Waals surface area contributed by atoms with Crippen LogP contribution < -0.4 is 5.32 Å². The van der Waals surface area contributed by atoms with Crippen molar-refractivity contribution in [2.45, 2.75) is 19.9 Å². The number of anilines is 1. The monoisotopic (exact) mass is 333 g/mol. The Bertz CT molecular complexity index is 1020. The minimum absolute atomic E-state index is 0.0929. The van der Waals surface area contributed by atoms with Crippen LogP contribution in [0.4, 0.5) is 5.82 Å². The van der Waals surface area contributed by atoms with E-state index in [1.165, 1.54) is 0 Å². The molecule has 7 nitrogen and oxygen atoms in total. The van der Waals surface area contributed by atoms with Gasteiger partial charge >= 0.3 is 0 Å². The molecule has 25 heavy (non-hydrogen) atoms. The normalized spacial score (nSPS) is 12.4. The molecule has 0 radical (unpaired) electrons. The zero-order valence-corrected chi connectivity index (χ0v) is 14.4. The van der Waals surface area contributed by atoms with E-state index in [0.717, 1.165) is 34.1 Å². The third-order valence-corrected chi connectivity index (χ3v) is 4.18. The number of fused-ring (bicyclic) bond motifs is 1. The number of hydrogen-bond acceptors (Lipinski definition) is 5. The van der Waals surface area contributed by atoms with Crippen molar-refractivity contribution >= 4 is 11.5 Å². The van der Waals surface area contributed by atoms with Crippen molar-refractivity contribution in [3.05, 3.63) is 59.9 Å². The van der Waals surface area contributed by atoms with Crippen molar-refractivity contribution in [1.29, 1.82) is 0 Å². The van der Waals surface area contributed by atoms with Gasteiger partial charge in [-0.15, -0.1) is 15.3 Å². The van der Waals surface area contributed by atoms with Crippen LogP contribution in [0.15, 0.2) is 48.7 Å². The molecule has 0 saturated heterocycles. The quantitative estimate of drug-likeness (QED) is 0.621. The van der Waals surface area contributed by atoms with Crippen LogP contribution in [0.3, 0.4) is 0 Å². The van der Waals surface area contributed by atoms with Gasteiger partial charge in [-0.3, -0.25) is 4.68 Å². The molecule has 7 heteroatoms. The van der Waals surface area contributed by atoms with Gasteiger partial charge in [0.25, 0.3) is 0 Å². The molecule has 3 heterocycles. The molecule has 1 N–H and O–H groups in total. The Balaban J connectivity index is 1.68. The van der Waals surface area contributed by atoms with E-state index < -0.39 is 0 Å². The maximum absolute atomic E-state index is 4.67. The van der Waals surface area contributed by atoms with Crippen LogP contribution in [0.2, 0.25) is 0 Å². The summed E-state index contributed by atoms with van der Waals surface area (Å²) in [6, 6.07) is 13.9. The molecule has 0 bridgehead atoms. The molecule has 1 aromatic carbocycles. The van der Waals surface area contributed by atoms with E-state index in [0.29, 0.717) is 0 Å². The summed E-state index contributed by atoms with van der Waals surface area (Å²) >= 11 is 0. The number of nitrogens with one attached hydrogen (secondary N) is 1. The lowest BCUT2D eigenvalue weighted by atomic mass is 10.1.